The summed E-state index contributed by atoms with van der Waals surface area (Å²) < 4.78 is 19.2. The number of piperidine rings is 1. The standard InChI is InChI=1S/C32H37FN2O2/c1-24-3-2-4-27(19-24)22-34-15-13-25(14-16-34)7-11-31(36)28-8-12-32-29(20-28)23-35(17-18-37-32)21-26-5-9-30(33)10-6-26/h2-6,8-10,12,19-20,25H,7,11,13-18,21-23H2,1H3. The fraction of sp³-hybridized carbons (Fsp3) is 0.406. The van der Waals surface area contributed by atoms with Gasteiger partial charge in [0.25, 0.3) is 0 Å². The Hall–Kier alpha value is -3.02. The van der Waals surface area contributed by atoms with Crippen molar-refractivity contribution >= 4 is 5.78 Å². The van der Waals surface area contributed by atoms with Crippen LogP contribution in [0.4, 0.5) is 4.39 Å². The zero-order valence-electron chi connectivity index (χ0n) is 21.8. The average molecular weight is 501 g/mol. The van der Waals surface area contributed by atoms with Gasteiger partial charge in [-0.2, -0.15) is 0 Å². The lowest BCUT2D eigenvalue weighted by Gasteiger charge is -2.32. The van der Waals surface area contributed by atoms with Crippen molar-refractivity contribution in [1.82, 2.24) is 9.80 Å². The number of carbonyl (C=O) groups is 1. The number of rotatable bonds is 8. The van der Waals surface area contributed by atoms with Crippen LogP contribution in [0.15, 0.2) is 66.7 Å². The molecule has 0 saturated carbocycles. The summed E-state index contributed by atoms with van der Waals surface area (Å²) in [5, 5.41) is 0. The minimum absolute atomic E-state index is 0.218. The van der Waals surface area contributed by atoms with E-state index in [4.69, 9.17) is 4.74 Å². The number of ketones is 1. The van der Waals surface area contributed by atoms with E-state index in [9.17, 15) is 9.18 Å². The summed E-state index contributed by atoms with van der Waals surface area (Å²) in [7, 11) is 0. The summed E-state index contributed by atoms with van der Waals surface area (Å²) in [5.41, 5.74) is 5.60. The lowest BCUT2D eigenvalue weighted by Crippen LogP contribution is -2.33. The van der Waals surface area contributed by atoms with E-state index in [0.717, 1.165) is 74.4 Å². The molecule has 1 fully saturated rings. The smallest absolute Gasteiger partial charge is 0.162 e. The van der Waals surface area contributed by atoms with E-state index in [-0.39, 0.29) is 11.6 Å². The number of hydrogen-bond donors (Lipinski definition) is 0. The van der Waals surface area contributed by atoms with Gasteiger partial charge < -0.3 is 4.74 Å². The molecule has 0 aromatic heterocycles. The topological polar surface area (TPSA) is 32.8 Å². The number of hydrogen-bond acceptors (Lipinski definition) is 4. The Balaban J connectivity index is 1.12. The number of Topliss-reactive ketones (excluding diaryl/α,β-unsaturated/α-hetero) is 1. The lowest BCUT2D eigenvalue weighted by molar-refractivity contribution is 0.0961. The summed E-state index contributed by atoms with van der Waals surface area (Å²) in [5.74, 6) is 1.48. The molecule has 0 unspecified atom stereocenters. The number of aryl methyl sites for hydroxylation is 1. The second-order valence-corrected chi connectivity index (χ2v) is 10.7. The number of halogens is 1. The van der Waals surface area contributed by atoms with Crippen molar-refractivity contribution < 1.29 is 13.9 Å². The highest BCUT2D eigenvalue weighted by molar-refractivity contribution is 5.96. The normalized spacial score (nSPS) is 17.1. The molecule has 0 radical (unpaired) electrons. The maximum Gasteiger partial charge on any atom is 0.162 e. The summed E-state index contributed by atoms with van der Waals surface area (Å²) >= 11 is 0. The van der Waals surface area contributed by atoms with Crippen molar-refractivity contribution in [3.05, 3.63) is 100 Å². The van der Waals surface area contributed by atoms with Gasteiger partial charge in [0.05, 0.1) is 0 Å². The molecule has 2 aliphatic heterocycles. The molecule has 37 heavy (non-hydrogen) atoms. The molecule has 0 spiro atoms. The Morgan fingerprint density at radius 1 is 0.919 bits per heavy atom. The molecular formula is C32H37FN2O2. The third-order valence-corrected chi connectivity index (χ3v) is 7.74. The number of benzene rings is 3. The fourth-order valence-electron chi connectivity index (χ4n) is 5.59. The highest BCUT2D eigenvalue weighted by Gasteiger charge is 2.22. The van der Waals surface area contributed by atoms with E-state index in [0.29, 0.717) is 25.5 Å². The van der Waals surface area contributed by atoms with Gasteiger partial charge in [-0.15, -0.1) is 0 Å². The molecule has 5 rings (SSSR count). The number of fused-ring (bicyclic) bond motifs is 1. The minimum atomic E-state index is -0.218. The molecule has 0 atom stereocenters. The van der Waals surface area contributed by atoms with E-state index in [1.165, 1.54) is 23.3 Å². The van der Waals surface area contributed by atoms with Crippen molar-refractivity contribution in [2.75, 3.05) is 26.2 Å². The van der Waals surface area contributed by atoms with Crippen LogP contribution in [0.3, 0.4) is 0 Å². The summed E-state index contributed by atoms with van der Waals surface area (Å²) in [6.07, 6.45) is 3.88. The SMILES string of the molecule is Cc1cccc(CN2CCC(CCC(=O)c3ccc4c(c3)CN(Cc3ccc(F)cc3)CCO4)CC2)c1. The first-order valence-electron chi connectivity index (χ1n) is 13.6. The minimum Gasteiger partial charge on any atom is -0.492 e. The van der Waals surface area contributed by atoms with E-state index < -0.39 is 0 Å². The molecule has 4 nitrogen and oxygen atoms in total. The molecule has 0 aliphatic carbocycles. The van der Waals surface area contributed by atoms with Crippen molar-refractivity contribution in [1.29, 1.82) is 0 Å². The zero-order chi connectivity index (χ0) is 25.6. The van der Waals surface area contributed by atoms with Crippen LogP contribution in [-0.2, 0) is 19.6 Å². The Bertz CT molecular complexity index is 1200. The maximum absolute atomic E-state index is 13.3. The Morgan fingerprint density at radius 3 is 2.49 bits per heavy atom. The Labute approximate surface area is 220 Å². The Morgan fingerprint density at radius 2 is 1.70 bits per heavy atom. The van der Waals surface area contributed by atoms with E-state index in [1.807, 2.05) is 30.3 Å². The van der Waals surface area contributed by atoms with Crippen molar-refractivity contribution in [3.8, 4) is 5.75 Å². The van der Waals surface area contributed by atoms with Gasteiger partial charge in [-0.1, -0.05) is 42.0 Å². The number of ether oxygens (including phenoxy) is 1. The number of nitrogens with zero attached hydrogens (tertiary/aromatic N) is 2. The van der Waals surface area contributed by atoms with Crippen LogP contribution in [-0.4, -0.2) is 41.8 Å². The first-order valence-corrected chi connectivity index (χ1v) is 13.6. The van der Waals surface area contributed by atoms with Gasteiger partial charge in [0, 0.05) is 43.7 Å². The zero-order valence-corrected chi connectivity index (χ0v) is 21.8. The van der Waals surface area contributed by atoms with Gasteiger partial charge in [-0.25, -0.2) is 4.39 Å². The molecule has 2 aliphatic rings. The van der Waals surface area contributed by atoms with Crippen LogP contribution in [0.25, 0.3) is 0 Å². The van der Waals surface area contributed by atoms with Crippen LogP contribution in [0.2, 0.25) is 0 Å². The van der Waals surface area contributed by atoms with Crippen molar-refractivity contribution in [2.24, 2.45) is 5.92 Å². The molecule has 3 aromatic carbocycles. The maximum atomic E-state index is 13.3. The second-order valence-electron chi connectivity index (χ2n) is 10.7. The molecule has 194 valence electrons. The molecule has 3 aromatic rings. The summed E-state index contributed by atoms with van der Waals surface area (Å²) in [4.78, 5) is 17.9. The molecule has 0 amide bonds. The second kappa shape index (κ2) is 12.0. The molecule has 5 heteroatoms. The summed E-state index contributed by atoms with van der Waals surface area (Å²) in [6, 6.07) is 21.3. The molecule has 2 heterocycles. The van der Waals surface area contributed by atoms with Gasteiger partial charge in [-0.05, 0) is 86.7 Å². The van der Waals surface area contributed by atoms with Gasteiger partial charge in [0.1, 0.15) is 18.2 Å². The number of carbonyl (C=O) groups excluding carboxylic acids is 1. The predicted molar refractivity (Wildman–Crippen MR) is 145 cm³/mol. The molecule has 0 bridgehead atoms. The monoisotopic (exact) mass is 500 g/mol. The molecule has 1 saturated heterocycles. The van der Waals surface area contributed by atoms with Crippen LogP contribution < -0.4 is 4.74 Å². The fourth-order valence-corrected chi connectivity index (χ4v) is 5.59. The van der Waals surface area contributed by atoms with Gasteiger partial charge in [-0.3, -0.25) is 14.6 Å². The van der Waals surface area contributed by atoms with Crippen LogP contribution in [0.1, 0.15) is 58.3 Å². The van der Waals surface area contributed by atoms with Crippen LogP contribution >= 0.6 is 0 Å². The van der Waals surface area contributed by atoms with E-state index >= 15 is 0 Å². The van der Waals surface area contributed by atoms with E-state index in [2.05, 4.69) is 41.0 Å². The van der Waals surface area contributed by atoms with Crippen LogP contribution in [0, 0.1) is 18.7 Å². The van der Waals surface area contributed by atoms with Gasteiger partial charge >= 0.3 is 0 Å². The quantitative estimate of drug-likeness (QED) is 0.335. The van der Waals surface area contributed by atoms with Crippen molar-refractivity contribution in [3.63, 3.8) is 0 Å². The van der Waals surface area contributed by atoms with Gasteiger partial charge in [0.15, 0.2) is 5.78 Å². The highest BCUT2D eigenvalue weighted by atomic mass is 19.1. The largest absolute Gasteiger partial charge is 0.492 e. The first-order chi connectivity index (χ1) is 18.0. The molecular weight excluding hydrogens is 463 g/mol. The molecule has 0 N–H and O–H groups in total. The predicted octanol–water partition coefficient (Wildman–Crippen LogP) is 6.40. The highest BCUT2D eigenvalue weighted by Crippen LogP contribution is 2.28. The van der Waals surface area contributed by atoms with Gasteiger partial charge in [0.2, 0.25) is 0 Å². The lowest BCUT2D eigenvalue weighted by atomic mass is 9.90. The van der Waals surface area contributed by atoms with Crippen LogP contribution in [0.5, 0.6) is 5.75 Å². The van der Waals surface area contributed by atoms with E-state index in [1.54, 1.807) is 0 Å². The Kier molecular flexibility index (Phi) is 8.32. The average Bonchev–Trinajstić information content (AvgIpc) is 3.10. The third-order valence-electron chi connectivity index (χ3n) is 7.74. The summed E-state index contributed by atoms with van der Waals surface area (Å²) in [6.45, 7) is 8.20. The first kappa shape index (κ1) is 25.6. The third kappa shape index (κ3) is 7.06. The van der Waals surface area contributed by atoms with Crippen molar-refractivity contribution in [2.45, 2.75) is 52.2 Å². The number of likely N-dealkylation sites (tertiary alicyclic amines) is 1.